The highest BCUT2D eigenvalue weighted by atomic mass is 35.5. The van der Waals surface area contributed by atoms with E-state index in [4.69, 9.17) is 9.47 Å². The third-order valence-corrected chi connectivity index (χ3v) is 3.04. The molecule has 0 aromatic heterocycles. The van der Waals surface area contributed by atoms with Crippen LogP contribution in [0.3, 0.4) is 0 Å². The van der Waals surface area contributed by atoms with Gasteiger partial charge >= 0.3 is 0 Å². The van der Waals surface area contributed by atoms with E-state index in [1.165, 1.54) is 0 Å². The molecule has 1 rings (SSSR count). The Hall–Kier alpha value is -0.110. The molecule has 1 fully saturated rings. The average Bonchev–Trinajstić information content (AvgIpc) is 2.42. The third-order valence-electron chi connectivity index (χ3n) is 3.04. The number of halogens is 2. The van der Waals surface area contributed by atoms with Crippen LogP contribution in [0.1, 0.15) is 13.3 Å². The molecule has 128 valence electrons. The van der Waals surface area contributed by atoms with Crippen LogP contribution in [0.4, 0.5) is 0 Å². The number of nitrogens with zero attached hydrogens (tertiary/aromatic N) is 1. The van der Waals surface area contributed by atoms with Gasteiger partial charge in [-0.3, -0.25) is 4.79 Å². The summed E-state index contributed by atoms with van der Waals surface area (Å²) >= 11 is 0. The molecular weight excluding hydrogens is 317 g/mol. The molecule has 0 aliphatic carbocycles. The van der Waals surface area contributed by atoms with Gasteiger partial charge in [-0.05, 0) is 27.4 Å². The topological polar surface area (TPSA) is 62.8 Å². The highest BCUT2D eigenvalue weighted by Gasteiger charge is 2.21. The first kappa shape index (κ1) is 23.2. The molecule has 0 saturated carbocycles. The van der Waals surface area contributed by atoms with E-state index < -0.39 is 0 Å². The molecule has 0 radical (unpaired) electrons. The lowest BCUT2D eigenvalue weighted by Crippen LogP contribution is -2.52. The molecule has 8 heteroatoms. The number of carbonyl (C=O) groups excluding carboxylic acids is 1. The van der Waals surface area contributed by atoms with E-state index in [1.54, 1.807) is 0 Å². The van der Waals surface area contributed by atoms with Crippen LogP contribution in [0.5, 0.6) is 0 Å². The summed E-state index contributed by atoms with van der Waals surface area (Å²) in [6.07, 6.45) is 0.983. The van der Waals surface area contributed by atoms with Crippen molar-refractivity contribution >= 4 is 30.7 Å². The van der Waals surface area contributed by atoms with Gasteiger partial charge in [0.15, 0.2) is 0 Å². The summed E-state index contributed by atoms with van der Waals surface area (Å²) in [5.74, 6) is -0.00532. The van der Waals surface area contributed by atoms with Crippen molar-refractivity contribution in [2.45, 2.75) is 25.5 Å². The number of ether oxygens (including phenoxy) is 2. The van der Waals surface area contributed by atoms with Crippen molar-refractivity contribution in [3.8, 4) is 0 Å². The minimum atomic E-state index is -0.232. The van der Waals surface area contributed by atoms with Gasteiger partial charge in [0.25, 0.3) is 0 Å². The summed E-state index contributed by atoms with van der Waals surface area (Å²) in [6.45, 7) is 5.99. The molecule has 0 aromatic carbocycles. The number of nitrogens with one attached hydrogen (secondary N) is 2. The van der Waals surface area contributed by atoms with E-state index >= 15 is 0 Å². The predicted molar refractivity (Wildman–Crippen MR) is 88.7 cm³/mol. The van der Waals surface area contributed by atoms with Crippen LogP contribution in [0.25, 0.3) is 0 Å². The molecule has 6 nitrogen and oxygen atoms in total. The Morgan fingerprint density at radius 1 is 1.48 bits per heavy atom. The van der Waals surface area contributed by atoms with Gasteiger partial charge in [0, 0.05) is 26.2 Å². The average molecular weight is 346 g/mol. The van der Waals surface area contributed by atoms with E-state index in [0.717, 1.165) is 19.5 Å². The summed E-state index contributed by atoms with van der Waals surface area (Å²) in [5, 5.41) is 6.07. The van der Waals surface area contributed by atoms with Gasteiger partial charge in [0.05, 0.1) is 19.3 Å². The fourth-order valence-electron chi connectivity index (χ4n) is 1.95. The fourth-order valence-corrected chi connectivity index (χ4v) is 1.95. The zero-order chi connectivity index (χ0) is 14.1. The molecule has 21 heavy (non-hydrogen) atoms. The normalized spacial score (nSPS) is 19.3. The Morgan fingerprint density at radius 2 is 2.19 bits per heavy atom. The van der Waals surface area contributed by atoms with Crippen molar-refractivity contribution in [1.82, 2.24) is 15.5 Å². The Labute approximate surface area is 140 Å². The predicted octanol–water partition coefficient (Wildman–Crippen LogP) is 0.291. The Kier molecular flexibility index (Phi) is 14.9. The first-order valence-electron chi connectivity index (χ1n) is 6.98. The van der Waals surface area contributed by atoms with Gasteiger partial charge in [-0.1, -0.05) is 0 Å². The zero-order valence-corrected chi connectivity index (χ0v) is 14.7. The monoisotopic (exact) mass is 345 g/mol. The number of amides is 1. The van der Waals surface area contributed by atoms with Crippen LogP contribution in [0, 0.1) is 0 Å². The van der Waals surface area contributed by atoms with Gasteiger partial charge in [-0.2, -0.15) is 0 Å². The molecule has 0 spiro atoms. The smallest absolute Gasteiger partial charge is 0.239 e. The summed E-state index contributed by atoms with van der Waals surface area (Å²) in [7, 11) is 4.07. The van der Waals surface area contributed by atoms with Crippen LogP contribution in [-0.2, 0) is 14.3 Å². The Bertz CT molecular complexity index is 265. The van der Waals surface area contributed by atoms with Gasteiger partial charge in [0.2, 0.25) is 5.91 Å². The second-order valence-corrected chi connectivity index (χ2v) is 5.00. The molecule has 1 heterocycles. The molecule has 2 unspecified atom stereocenters. The summed E-state index contributed by atoms with van der Waals surface area (Å²) < 4.78 is 10.9. The maximum absolute atomic E-state index is 11.9. The molecule has 0 bridgehead atoms. The Balaban J connectivity index is 0. The number of rotatable bonds is 8. The SMILES string of the molecule is CCOC(CCN(C)C)CNC(=O)C1COCCN1.Cl.Cl. The van der Waals surface area contributed by atoms with Gasteiger partial charge in [0.1, 0.15) is 6.04 Å². The van der Waals surface area contributed by atoms with E-state index in [9.17, 15) is 4.79 Å². The van der Waals surface area contributed by atoms with Crippen molar-refractivity contribution in [2.75, 3.05) is 53.6 Å². The maximum atomic E-state index is 11.9. The first-order chi connectivity index (χ1) is 9.13. The standard InChI is InChI=1S/C13H27N3O3.2ClH/c1-4-19-11(5-7-16(2)3)9-15-13(17)12-10-18-8-6-14-12;;/h11-12,14H,4-10H2,1-3H3,(H,15,17);2*1H. The molecule has 1 amide bonds. The van der Waals surface area contributed by atoms with Crippen LogP contribution in [0.15, 0.2) is 0 Å². The van der Waals surface area contributed by atoms with E-state index in [1.807, 2.05) is 21.0 Å². The van der Waals surface area contributed by atoms with E-state index in [0.29, 0.717) is 26.4 Å². The fraction of sp³-hybridized carbons (Fsp3) is 0.923. The molecule has 1 aliphatic rings. The van der Waals surface area contributed by atoms with Gasteiger partial charge in [-0.15, -0.1) is 24.8 Å². The van der Waals surface area contributed by atoms with Gasteiger partial charge < -0.3 is 25.0 Å². The number of carbonyl (C=O) groups is 1. The molecule has 1 saturated heterocycles. The third kappa shape index (κ3) is 10.3. The molecule has 2 atom stereocenters. The van der Waals surface area contributed by atoms with Crippen LogP contribution < -0.4 is 10.6 Å². The van der Waals surface area contributed by atoms with Crippen molar-refractivity contribution in [2.24, 2.45) is 0 Å². The van der Waals surface area contributed by atoms with Crippen molar-refractivity contribution < 1.29 is 14.3 Å². The molecular formula is C13H29Cl2N3O3. The number of morpholine rings is 1. The molecule has 1 aliphatic heterocycles. The maximum Gasteiger partial charge on any atom is 0.239 e. The van der Waals surface area contributed by atoms with E-state index in [2.05, 4.69) is 15.5 Å². The van der Waals surface area contributed by atoms with Crippen LogP contribution in [-0.4, -0.2) is 76.5 Å². The highest BCUT2D eigenvalue weighted by Crippen LogP contribution is 2.00. The Morgan fingerprint density at radius 3 is 2.71 bits per heavy atom. The lowest BCUT2D eigenvalue weighted by Gasteiger charge is -2.25. The summed E-state index contributed by atoms with van der Waals surface area (Å²) in [4.78, 5) is 14.0. The van der Waals surface area contributed by atoms with Gasteiger partial charge in [-0.25, -0.2) is 0 Å². The van der Waals surface area contributed by atoms with Crippen molar-refractivity contribution in [1.29, 1.82) is 0 Å². The van der Waals surface area contributed by atoms with Crippen LogP contribution in [0.2, 0.25) is 0 Å². The molecule has 2 N–H and O–H groups in total. The highest BCUT2D eigenvalue weighted by molar-refractivity contribution is 5.85. The lowest BCUT2D eigenvalue weighted by atomic mass is 10.2. The largest absolute Gasteiger partial charge is 0.378 e. The van der Waals surface area contributed by atoms with Crippen molar-refractivity contribution in [3.05, 3.63) is 0 Å². The van der Waals surface area contributed by atoms with Crippen molar-refractivity contribution in [3.63, 3.8) is 0 Å². The van der Waals surface area contributed by atoms with Crippen LogP contribution >= 0.6 is 24.8 Å². The second-order valence-electron chi connectivity index (χ2n) is 5.00. The number of hydrogen-bond acceptors (Lipinski definition) is 5. The quantitative estimate of drug-likeness (QED) is 0.662. The zero-order valence-electron chi connectivity index (χ0n) is 13.1. The minimum absolute atomic E-state index is 0. The number of hydrogen-bond donors (Lipinski definition) is 2. The second kappa shape index (κ2) is 13.5. The summed E-state index contributed by atoms with van der Waals surface area (Å²) in [5.41, 5.74) is 0. The molecule has 0 aromatic rings. The minimum Gasteiger partial charge on any atom is -0.378 e. The summed E-state index contributed by atoms with van der Waals surface area (Å²) in [6, 6.07) is -0.232. The van der Waals surface area contributed by atoms with E-state index in [-0.39, 0.29) is 42.9 Å². The lowest BCUT2D eigenvalue weighted by molar-refractivity contribution is -0.126. The first-order valence-corrected chi connectivity index (χ1v) is 6.98.